The Hall–Kier alpha value is -0.800. The van der Waals surface area contributed by atoms with Gasteiger partial charge in [-0.3, -0.25) is 0 Å². The Morgan fingerprint density at radius 2 is 2.18 bits per heavy atom. The second kappa shape index (κ2) is 3.55. The van der Waals surface area contributed by atoms with E-state index in [0.717, 1.165) is 18.8 Å². The zero-order valence-corrected chi connectivity index (χ0v) is 6.66. The van der Waals surface area contributed by atoms with Crippen LogP contribution in [0.15, 0.2) is 0 Å². The lowest BCUT2D eigenvalue weighted by atomic mass is 9.74. The molecule has 0 saturated heterocycles. The molecule has 0 aromatic heterocycles. The van der Waals surface area contributed by atoms with Gasteiger partial charge in [0.15, 0.2) is 0 Å². The van der Waals surface area contributed by atoms with Crippen molar-refractivity contribution >= 4 is 0 Å². The molecule has 0 atom stereocenters. The Bertz CT molecular complexity index is 143. The first-order valence-corrected chi connectivity index (χ1v) is 3.99. The minimum atomic E-state index is -0.709. The molecule has 4 nitrogen and oxygen atoms in total. The first kappa shape index (κ1) is 8.30. The van der Waals surface area contributed by atoms with Crippen LogP contribution >= 0.6 is 0 Å². The third-order valence-corrected chi connectivity index (χ3v) is 2.33. The quantitative estimate of drug-likeness (QED) is 0.462. The van der Waals surface area contributed by atoms with Crippen molar-refractivity contribution < 1.29 is 9.92 Å². The Balaban J connectivity index is 2.00. The molecule has 1 rings (SSSR count). The fraction of sp³-hybridized carbons (Fsp3) is 1.00. The third kappa shape index (κ3) is 2.37. The van der Waals surface area contributed by atoms with Crippen LogP contribution in [0.2, 0.25) is 0 Å². The maximum atomic E-state index is 9.78. The highest BCUT2D eigenvalue weighted by Gasteiger charge is 2.28. The Morgan fingerprint density at radius 1 is 1.55 bits per heavy atom. The largest absolute Gasteiger partial charge is 0.314 e. The average Bonchev–Trinajstić information content (AvgIpc) is 1.84. The molecule has 11 heavy (non-hydrogen) atoms. The van der Waals surface area contributed by atoms with Gasteiger partial charge in [-0.15, -0.1) is 10.1 Å². The van der Waals surface area contributed by atoms with E-state index in [1.54, 1.807) is 0 Å². The lowest BCUT2D eigenvalue weighted by Gasteiger charge is -2.33. The van der Waals surface area contributed by atoms with E-state index in [1.807, 2.05) is 0 Å². The van der Waals surface area contributed by atoms with E-state index in [0.29, 0.717) is 12.5 Å². The summed E-state index contributed by atoms with van der Waals surface area (Å²) in [5, 5.41) is 9.07. The second-order valence-corrected chi connectivity index (χ2v) is 3.13. The van der Waals surface area contributed by atoms with Crippen molar-refractivity contribution in [2.45, 2.75) is 26.2 Å². The third-order valence-electron chi connectivity index (χ3n) is 2.33. The summed E-state index contributed by atoms with van der Waals surface area (Å²) >= 11 is 0. The van der Waals surface area contributed by atoms with E-state index < -0.39 is 5.09 Å². The smallest absolute Gasteiger partial charge is 0.294 e. The van der Waals surface area contributed by atoms with Crippen molar-refractivity contribution in [2.24, 2.45) is 11.8 Å². The van der Waals surface area contributed by atoms with Gasteiger partial charge in [-0.05, 0) is 24.7 Å². The molecule has 1 aliphatic carbocycles. The first-order valence-electron chi connectivity index (χ1n) is 3.99. The SMILES string of the molecule is CCC1CC(CO[N+](=O)[O-])C1. The molecule has 0 unspecified atom stereocenters. The average molecular weight is 159 g/mol. The standard InChI is InChI=1S/C7H13NO3/c1-2-6-3-7(4-6)5-11-8(9)10/h6-7H,2-5H2,1H3. The van der Waals surface area contributed by atoms with Crippen molar-refractivity contribution in [3.8, 4) is 0 Å². The van der Waals surface area contributed by atoms with Crippen LogP contribution in [0.3, 0.4) is 0 Å². The normalized spacial score (nSPS) is 29.2. The Morgan fingerprint density at radius 3 is 2.64 bits per heavy atom. The van der Waals surface area contributed by atoms with Gasteiger partial charge in [-0.2, -0.15) is 0 Å². The van der Waals surface area contributed by atoms with E-state index in [2.05, 4.69) is 11.8 Å². The molecule has 1 aliphatic rings. The van der Waals surface area contributed by atoms with Crippen LogP contribution in [0.5, 0.6) is 0 Å². The van der Waals surface area contributed by atoms with Gasteiger partial charge < -0.3 is 4.84 Å². The van der Waals surface area contributed by atoms with Crippen molar-refractivity contribution in [3.63, 3.8) is 0 Å². The van der Waals surface area contributed by atoms with E-state index in [9.17, 15) is 10.1 Å². The van der Waals surface area contributed by atoms with Crippen LogP contribution < -0.4 is 0 Å². The van der Waals surface area contributed by atoms with Crippen LogP contribution in [0, 0.1) is 22.0 Å². The van der Waals surface area contributed by atoms with Crippen molar-refractivity contribution in [1.29, 1.82) is 0 Å². The van der Waals surface area contributed by atoms with Crippen LogP contribution in [0.25, 0.3) is 0 Å². The number of hydrogen-bond donors (Lipinski definition) is 0. The molecule has 64 valence electrons. The molecule has 0 bridgehead atoms. The van der Waals surface area contributed by atoms with Gasteiger partial charge in [-0.1, -0.05) is 13.3 Å². The Labute approximate surface area is 65.6 Å². The van der Waals surface area contributed by atoms with E-state index in [4.69, 9.17) is 0 Å². The van der Waals surface area contributed by atoms with Gasteiger partial charge in [0.1, 0.15) is 0 Å². The zero-order chi connectivity index (χ0) is 8.27. The van der Waals surface area contributed by atoms with E-state index in [1.165, 1.54) is 6.42 Å². The van der Waals surface area contributed by atoms with Gasteiger partial charge in [0.2, 0.25) is 0 Å². The summed E-state index contributed by atoms with van der Waals surface area (Å²) in [5.74, 6) is 1.22. The maximum absolute atomic E-state index is 9.78. The minimum Gasteiger partial charge on any atom is -0.314 e. The summed E-state index contributed by atoms with van der Waals surface area (Å²) in [4.78, 5) is 14.0. The Kier molecular flexibility index (Phi) is 2.68. The second-order valence-electron chi connectivity index (χ2n) is 3.13. The molecular formula is C7H13NO3. The molecule has 0 aromatic rings. The monoisotopic (exact) mass is 159 g/mol. The molecule has 0 aromatic carbocycles. The topological polar surface area (TPSA) is 52.4 Å². The van der Waals surface area contributed by atoms with Gasteiger partial charge in [-0.25, -0.2) is 0 Å². The molecule has 1 saturated carbocycles. The van der Waals surface area contributed by atoms with Crippen molar-refractivity contribution in [2.75, 3.05) is 6.61 Å². The lowest BCUT2D eigenvalue weighted by Crippen LogP contribution is -2.27. The maximum Gasteiger partial charge on any atom is 0.294 e. The van der Waals surface area contributed by atoms with Crippen molar-refractivity contribution in [3.05, 3.63) is 10.1 Å². The first-order chi connectivity index (χ1) is 5.22. The molecule has 1 fully saturated rings. The summed E-state index contributed by atoms with van der Waals surface area (Å²) in [5.41, 5.74) is 0. The number of hydrogen-bond acceptors (Lipinski definition) is 3. The minimum absolute atomic E-state index is 0.295. The van der Waals surface area contributed by atoms with Crippen LogP contribution in [-0.4, -0.2) is 11.7 Å². The van der Waals surface area contributed by atoms with Crippen LogP contribution in [-0.2, 0) is 4.84 Å². The van der Waals surface area contributed by atoms with Gasteiger partial charge in [0, 0.05) is 0 Å². The molecule has 0 heterocycles. The molecule has 0 amide bonds. The molecular weight excluding hydrogens is 146 g/mol. The predicted octanol–water partition coefficient (Wildman–Crippen LogP) is 1.63. The van der Waals surface area contributed by atoms with E-state index in [-0.39, 0.29) is 0 Å². The molecule has 0 N–H and O–H groups in total. The number of rotatable bonds is 4. The highest BCUT2D eigenvalue weighted by Crippen LogP contribution is 2.35. The molecule has 0 aliphatic heterocycles. The lowest BCUT2D eigenvalue weighted by molar-refractivity contribution is -0.759. The number of nitrogens with zero attached hydrogens (tertiary/aromatic N) is 1. The fourth-order valence-corrected chi connectivity index (χ4v) is 1.51. The summed E-state index contributed by atoms with van der Waals surface area (Å²) in [6.45, 7) is 2.44. The predicted molar refractivity (Wildman–Crippen MR) is 39.5 cm³/mol. The van der Waals surface area contributed by atoms with Crippen LogP contribution in [0.4, 0.5) is 0 Å². The van der Waals surface area contributed by atoms with E-state index >= 15 is 0 Å². The van der Waals surface area contributed by atoms with Crippen LogP contribution in [0.1, 0.15) is 26.2 Å². The molecule has 4 heteroatoms. The fourth-order valence-electron chi connectivity index (χ4n) is 1.51. The summed E-state index contributed by atoms with van der Waals surface area (Å²) in [6.07, 6.45) is 3.39. The van der Waals surface area contributed by atoms with Gasteiger partial charge >= 0.3 is 0 Å². The summed E-state index contributed by atoms with van der Waals surface area (Å²) in [7, 11) is 0. The molecule has 0 spiro atoms. The van der Waals surface area contributed by atoms with Gasteiger partial charge in [0.25, 0.3) is 5.09 Å². The summed E-state index contributed by atoms with van der Waals surface area (Å²) < 4.78 is 0. The highest BCUT2D eigenvalue weighted by atomic mass is 16.9. The summed E-state index contributed by atoms with van der Waals surface area (Å²) in [6, 6.07) is 0. The zero-order valence-electron chi connectivity index (χ0n) is 6.66. The van der Waals surface area contributed by atoms with Gasteiger partial charge in [0.05, 0.1) is 6.61 Å². The highest BCUT2D eigenvalue weighted by molar-refractivity contribution is 4.77. The molecule has 0 radical (unpaired) electrons. The van der Waals surface area contributed by atoms with Crippen molar-refractivity contribution in [1.82, 2.24) is 0 Å².